The lowest BCUT2D eigenvalue weighted by molar-refractivity contribution is 0.0939. The lowest BCUT2D eigenvalue weighted by atomic mass is 9.98. The molecule has 1 atom stereocenters. The van der Waals surface area contributed by atoms with Crippen molar-refractivity contribution >= 4 is 22.6 Å². The van der Waals surface area contributed by atoms with Gasteiger partial charge in [-0.25, -0.2) is 0 Å². The Morgan fingerprint density at radius 2 is 1.54 bits per heavy atom. The van der Waals surface area contributed by atoms with Crippen LogP contribution in [0.4, 0.5) is 0 Å². The predicted molar refractivity (Wildman–Crippen MR) is 114 cm³/mol. The molecule has 0 aromatic heterocycles. The van der Waals surface area contributed by atoms with Crippen molar-refractivity contribution in [3.8, 4) is 0 Å². The molecule has 3 aromatic rings. The van der Waals surface area contributed by atoms with Crippen LogP contribution in [-0.4, -0.2) is 17.9 Å². The first-order chi connectivity index (χ1) is 13.4. The van der Waals surface area contributed by atoms with E-state index in [-0.39, 0.29) is 23.9 Å². The van der Waals surface area contributed by atoms with Crippen LogP contribution in [0.25, 0.3) is 10.8 Å². The number of amides is 2. The third-order valence-electron chi connectivity index (χ3n) is 4.80. The molecule has 0 aliphatic carbocycles. The fraction of sp³-hybridized carbons (Fsp3) is 0.250. The lowest BCUT2D eigenvalue weighted by Gasteiger charge is -2.18. The summed E-state index contributed by atoms with van der Waals surface area (Å²) in [4.78, 5) is 25.2. The van der Waals surface area contributed by atoms with Crippen LogP contribution in [0.5, 0.6) is 0 Å². The van der Waals surface area contributed by atoms with Gasteiger partial charge in [0.15, 0.2) is 0 Å². The fourth-order valence-electron chi connectivity index (χ4n) is 3.33. The molecule has 0 aliphatic heterocycles. The van der Waals surface area contributed by atoms with Crippen LogP contribution in [0.3, 0.4) is 0 Å². The molecule has 0 fully saturated rings. The molecule has 144 valence electrons. The van der Waals surface area contributed by atoms with Crippen molar-refractivity contribution < 1.29 is 9.59 Å². The zero-order valence-corrected chi connectivity index (χ0v) is 16.7. The van der Waals surface area contributed by atoms with Crippen molar-refractivity contribution in [2.24, 2.45) is 0 Å². The Labute approximate surface area is 166 Å². The molecule has 3 rings (SSSR count). The van der Waals surface area contributed by atoms with Crippen LogP contribution < -0.4 is 10.6 Å². The highest BCUT2D eigenvalue weighted by Crippen LogP contribution is 2.24. The van der Waals surface area contributed by atoms with Crippen molar-refractivity contribution in [1.29, 1.82) is 0 Å². The summed E-state index contributed by atoms with van der Waals surface area (Å²) in [5, 5.41) is 8.21. The van der Waals surface area contributed by atoms with Crippen molar-refractivity contribution in [2.45, 2.75) is 39.8 Å². The molecule has 0 aliphatic rings. The third kappa shape index (κ3) is 4.22. The summed E-state index contributed by atoms with van der Waals surface area (Å²) >= 11 is 0. The van der Waals surface area contributed by atoms with Gasteiger partial charge in [0, 0.05) is 17.2 Å². The van der Waals surface area contributed by atoms with Gasteiger partial charge in [-0.2, -0.15) is 0 Å². The van der Waals surface area contributed by atoms with Crippen molar-refractivity contribution in [3.63, 3.8) is 0 Å². The number of carbonyl (C=O) groups is 2. The predicted octanol–water partition coefficient (Wildman–Crippen LogP) is 4.78. The van der Waals surface area contributed by atoms with E-state index in [0.29, 0.717) is 11.1 Å². The lowest BCUT2D eigenvalue weighted by Crippen LogP contribution is -2.31. The zero-order chi connectivity index (χ0) is 20.3. The monoisotopic (exact) mass is 374 g/mol. The summed E-state index contributed by atoms with van der Waals surface area (Å²) in [6, 6.07) is 19.3. The minimum absolute atomic E-state index is 0.0393. The van der Waals surface area contributed by atoms with Crippen molar-refractivity contribution in [1.82, 2.24) is 10.6 Å². The summed E-state index contributed by atoms with van der Waals surface area (Å²) in [6.07, 6.45) is 0. The van der Waals surface area contributed by atoms with Crippen LogP contribution in [0.2, 0.25) is 0 Å². The second-order valence-electron chi connectivity index (χ2n) is 7.42. The van der Waals surface area contributed by atoms with E-state index in [2.05, 4.69) is 28.8 Å². The van der Waals surface area contributed by atoms with Gasteiger partial charge in [-0.15, -0.1) is 0 Å². The van der Waals surface area contributed by atoms with Crippen LogP contribution in [0, 0.1) is 6.92 Å². The average Bonchev–Trinajstić information content (AvgIpc) is 2.67. The minimum atomic E-state index is -0.183. The zero-order valence-electron chi connectivity index (χ0n) is 16.7. The molecule has 0 saturated carbocycles. The number of aryl methyl sites for hydroxylation is 1. The van der Waals surface area contributed by atoms with Gasteiger partial charge >= 0.3 is 0 Å². The highest BCUT2D eigenvalue weighted by atomic mass is 16.2. The molecule has 0 heterocycles. The fourth-order valence-corrected chi connectivity index (χ4v) is 3.33. The first-order valence-electron chi connectivity index (χ1n) is 9.57. The van der Waals surface area contributed by atoms with Crippen LogP contribution in [0.1, 0.15) is 58.7 Å². The summed E-state index contributed by atoms with van der Waals surface area (Å²) in [6.45, 7) is 7.67. The Kier molecular flexibility index (Phi) is 5.78. The molecule has 2 amide bonds. The van der Waals surface area contributed by atoms with Gasteiger partial charge in [0.05, 0.1) is 6.04 Å². The van der Waals surface area contributed by atoms with Crippen molar-refractivity contribution in [3.05, 3.63) is 82.9 Å². The molecular formula is C24H26N2O2. The van der Waals surface area contributed by atoms with Gasteiger partial charge in [-0.05, 0) is 61.7 Å². The molecule has 0 radical (unpaired) electrons. The molecule has 0 spiro atoms. The first kappa shape index (κ1) is 19.6. The van der Waals surface area contributed by atoms with Gasteiger partial charge in [-0.3, -0.25) is 9.59 Å². The number of hydrogen-bond acceptors (Lipinski definition) is 2. The molecular weight excluding hydrogens is 348 g/mol. The number of rotatable bonds is 5. The van der Waals surface area contributed by atoms with Crippen LogP contribution >= 0.6 is 0 Å². The second-order valence-corrected chi connectivity index (χ2v) is 7.42. The van der Waals surface area contributed by atoms with E-state index in [0.717, 1.165) is 21.9 Å². The standard InChI is InChI=1S/C24H26N2O2/c1-15(2)25-23(27)19-13-12-16(3)22(14-19)24(28)26-17(4)20-11-7-9-18-8-5-6-10-21(18)20/h5-15,17H,1-4H3,(H,25,27)(H,26,28)/t17-/m1/s1. The molecule has 2 N–H and O–H groups in total. The van der Waals surface area contributed by atoms with Crippen molar-refractivity contribution in [2.75, 3.05) is 0 Å². The van der Waals surface area contributed by atoms with Gasteiger partial charge in [0.1, 0.15) is 0 Å². The molecule has 0 unspecified atom stereocenters. The number of fused-ring (bicyclic) bond motifs is 1. The third-order valence-corrected chi connectivity index (χ3v) is 4.80. The van der Waals surface area contributed by atoms with E-state index < -0.39 is 0 Å². The molecule has 4 nitrogen and oxygen atoms in total. The smallest absolute Gasteiger partial charge is 0.252 e. The Morgan fingerprint density at radius 3 is 2.29 bits per heavy atom. The van der Waals surface area contributed by atoms with Crippen LogP contribution in [0.15, 0.2) is 60.7 Å². The van der Waals surface area contributed by atoms with E-state index in [4.69, 9.17) is 0 Å². The molecule has 0 bridgehead atoms. The van der Waals surface area contributed by atoms with E-state index in [1.54, 1.807) is 12.1 Å². The summed E-state index contributed by atoms with van der Waals surface area (Å²) in [5.41, 5.74) is 2.91. The number of benzene rings is 3. The Hall–Kier alpha value is -3.14. The molecule has 28 heavy (non-hydrogen) atoms. The number of nitrogens with one attached hydrogen (secondary N) is 2. The SMILES string of the molecule is Cc1ccc(C(=O)NC(C)C)cc1C(=O)N[C@H](C)c1cccc2ccccc12. The Bertz CT molecular complexity index is 1020. The Balaban J connectivity index is 1.85. The normalized spacial score (nSPS) is 12.0. The van der Waals surface area contributed by atoms with Gasteiger partial charge in [-0.1, -0.05) is 48.5 Å². The van der Waals surface area contributed by atoms with Crippen LogP contribution in [-0.2, 0) is 0 Å². The largest absolute Gasteiger partial charge is 0.350 e. The second kappa shape index (κ2) is 8.26. The maximum Gasteiger partial charge on any atom is 0.252 e. The molecule has 0 saturated heterocycles. The number of carbonyl (C=O) groups excluding carboxylic acids is 2. The van der Waals surface area contributed by atoms with E-state index in [1.165, 1.54) is 0 Å². The number of hydrogen-bond donors (Lipinski definition) is 2. The molecule has 3 aromatic carbocycles. The summed E-state index contributed by atoms with van der Waals surface area (Å²) < 4.78 is 0. The average molecular weight is 374 g/mol. The maximum absolute atomic E-state index is 12.9. The van der Waals surface area contributed by atoms with E-state index in [9.17, 15) is 9.59 Å². The highest BCUT2D eigenvalue weighted by Gasteiger charge is 2.17. The maximum atomic E-state index is 12.9. The van der Waals surface area contributed by atoms with Gasteiger partial charge in [0.25, 0.3) is 11.8 Å². The van der Waals surface area contributed by atoms with E-state index in [1.807, 2.05) is 58.0 Å². The topological polar surface area (TPSA) is 58.2 Å². The highest BCUT2D eigenvalue weighted by molar-refractivity contribution is 6.01. The summed E-state index contributed by atoms with van der Waals surface area (Å²) in [7, 11) is 0. The van der Waals surface area contributed by atoms with E-state index >= 15 is 0 Å². The summed E-state index contributed by atoms with van der Waals surface area (Å²) in [5.74, 6) is -0.358. The van der Waals surface area contributed by atoms with Gasteiger partial charge < -0.3 is 10.6 Å². The molecule has 4 heteroatoms. The van der Waals surface area contributed by atoms with Gasteiger partial charge in [0.2, 0.25) is 0 Å². The Morgan fingerprint density at radius 1 is 0.821 bits per heavy atom. The quantitative estimate of drug-likeness (QED) is 0.675. The minimum Gasteiger partial charge on any atom is -0.350 e. The first-order valence-corrected chi connectivity index (χ1v) is 9.57.